The van der Waals surface area contributed by atoms with Gasteiger partial charge in [0.2, 0.25) is 10.0 Å². The van der Waals surface area contributed by atoms with E-state index in [0.29, 0.717) is 18.7 Å². The molecular formula is C21H25N5O3S. The highest BCUT2D eigenvalue weighted by molar-refractivity contribution is 7.89. The number of hydrogen-bond acceptors (Lipinski definition) is 5. The Hall–Kier alpha value is -3.04. The highest BCUT2D eigenvalue weighted by atomic mass is 32.2. The molecule has 0 spiro atoms. The molecule has 1 unspecified atom stereocenters. The molecule has 0 saturated heterocycles. The number of sulfonamides is 1. The van der Waals surface area contributed by atoms with Crippen LogP contribution in [0.25, 0.3) is 5.69 Å². The van der Waals surface area contributed by atoms with Crippen LogP contribution in [0.15, 0.2) is 66.1 Å². The van der Waals surface area contributed by atoms with Crippen molar-refractivity contribution in [2.75, 3.05) is 13.1 Å². The van der Waals surface area contributed by atoms with Gasteiger partial charge in [0.05, 0.1) is 16.6 Å². The number of rotatable bonds is 8. The highest BCUT2D eigenvalue weighted by Crippen LogP contribution is 2.19. The second-order valence-corrected chi connectivity index (χ2v) is 8.68. The minimum Gasteiger partial charge on any atom is -0.346 e. The van der Waals surface area contributed by atoms with Crippen molar-refractivity contribution < 1.29 is 13.2 Å². The zero-order valence-corrected chi connectivity index (χ0v) is 18.0. The first-order chi connectivity index (χ1) is 14.4. The lowest BCUT2D eigenvalue weighted by Crippen LogP contribution is -2.31. The van der Waals surface area contributed by atoms with E-state index in [4.69, 9.17) is 0 Å². The van der Waals surface area contributed by atoms with Gasteiger partial charge in [-0.15, -0.1) is 0 Å². The van der Waals surface area contributed by atoms with Crippen LogP contribution in [0.2, 0.25) is 0 Å². The SMILES string of the molecule is CCN(CC)S(=O)(=O)c1cccc(C(=O)NC(C)c2ccc(-n3cncn3)cc2)c1. The summed E-state index contributed by atoms with van der Waals surface area (Å²) < 4.78 is 28.5. The van der Waals surface area contributed by atoms with Crippen molar-refractivity contribution in [2.45, 2.75) is 31.7 Å². The van der Waals surface area contributed by atoms with E-state index >= 15 is 0 Å². The van der Waals surface area contributed by atoms with Crippen LogP contribution in [0, 0.1) is 0 Å². The van der Waals surface area contributed by atoms with Crippen molar-refractivity contribution in [1.29, 1.82) is 0 Å². The minimum atomic E-state index is -3.62. The molecule has 0 aliphatic rings. The van der Waals surface area contributed by atoms with E-state index in [1.807, 2.05) is 31.2 Å². The largest absolute Gasteiger partial charge is 0.346 e. The van der Waals surface area contributed by atoms with Gasteiger partial charge in [-0.1, -0.05) is 32.0 Å². The summed E-state index contributed by atoms with van der Waals surface area (Å²) in [6.45, 7) is 6.19. The average Bonchev–Trinajstić information content (AvgIpc) is 3.29. The maximum absolute atomic E-state index is 12.7. The lowest BCUT2D eigenvalue weighted by Gasteiger charge is -2.19. The number of nitrogens with zero attached hydrogens (tertiary/aromatic N) is 4. The zero-order chi connectivity index (χ0) is 21.7. The fraction of sp³-hybridized carbons (Fsp3) is 0.286. The van der Waals surface area contributed by atoms with Gasteiger partial charge < -0.3 is 5.32 Å². The van der Waals surface area contributed by atoms with Crippen LogP contribution < -0.4 is 5.32 Å². The van der Waals surface area contributed by atoms with E-state index in [1.54, 1.807) is 37.0 Å². The molecule has 158 valence electrons. The summed E-state index contributed by atoms with van der Waals surface area (Å²) in [7, 11) is -3.62. The number of benzene rings is 2. The molecular weight excluding hydrogens is 402 g/mol. The van der Waals surface area contributed by atoms with Gasteiger partial charge in [-0.2, -0.15) is 9.40 Å². The summed E-state index contributed by atoms with van der Waals surface area (Å²) in [4.78, 5) is 16.8. The zero-order valence-electron chi connectivity index (χ0n) is 17.2. The van der Waals surface area contributed by atoms with Gasteiger partial charge in [0.15, 0.2) is 0 Å². The molecule has 1 aromatic heterocycles. The number of amides is 1. The quantitative estimate of drug-likeness (QED) is 0.596. The molecule has 0 fully saturated rings. The molecule has 0 bridgehead atoms. The Morgan fingerprint density at radius 3 is 2.43 bits per heavy atom. The normalized spacial score (nSPS) is 12.7. The molecule has 0 saturated carbocycles. The third kappa shape index (κ3) is 4.58. The number of carbonyl (C=O) groups excluding carboxylic acids is 1. The molecule has 0 aliphatic heterocycles. The van der Waals surface area contributed by atoms with Gasteiger partial charge in [-0.25, -0.2) is 18.1 Å². The van der Waals surface area contributed by atoms with Crippen LogP contribution >= 0.6 is 0 Å². The van der Waals surface area contributed by atoms with Gasteiger partial charge in [0.25, 0.3) is 5.91 Å². The van der Waals surface area contributed by atoms with Crippen molar-refractivity contribution in [3.05, 3.63) is 72.3 Å². The molecule has 0 radical (unpaired) electrons. The minimum absolute atomic E-state index is 0.115. The first-order valence-corrected chi connectivity index (χ1v) is 11.2. The van der Waals surface area contributed by atoms with E-state index < -0.39 is 10.0 Å². The smallest absolute Gasteiger partial charge is 0.251 e. The predicted molar refractivity (Wildman–Crippen MR) is 114 cm³/mol. The van der Waals surface area contributed by atoms with E-state index in [0.717, 1.165) is 11.3 Å². The van der Waals surface area contributed by atoms with Crippen LogP contribution in [0.1, 0.15) is 42.7 Å². The fourth-order valence-electron chi connectivity index (χ4n) is 3.13. The monoisotopic (exact) mass is 427 g/mol. The highest BCUT2D eigenvalue weighted by Gasteiger charge is 2.23. The number of hydrogen-bond donors (Lipinski definition) is 1. The Bertz CT molecular complexity index is 1090. The Labute approximate surface area is 176 Å². The summed E-state index contributed by atoms with van der Waals surface area (Å²) in [5.74, 6) is -0.334. The maximum Gasteiger partial charge on any atom is 0.251 e. The summed E-state index contributed by atoms with van der Waals surface area (Å²) in [5.41, 5.74) is 2.08. The molecule has 9 heteroatoms. The average molecular weight is 428 g/mol. The summed E-state index contributed by atoms with van der Waals surface area (Å²) in [5, 5.41) is 7.01. The second-order valence-electron chi connectivity index (χ2n) is 6.74. The van der Waals surface area contributed by atoms with E-state index in [1.165, 1.54) is 22.8 Å². The molecule has 2 aromatic carbocycles. The fourth-order valence-corrected chi connectivity index (χ4v) is 4.64. The lowest BCUT2D eigenvalue weighted by atomic mass is 10.1. The van der Waals surface area contributed by atoms with E-state index in [2.05, 4.69) is 15.4 Å². The maximum atomic E-state index is 12.7. The van der Waals surface area contributed by atoms with Crippen molar-refractivity contribution in [3.8, 4) is 5.69 Å². The third-order valence-electron chi connectivity index (χ3n) is 4.86. The first kappa shape index (κ1) is 21.7. The topological polar surface area (TPSA) is 97.2 Å². The van der Waals surface area contributed by atoms with Crippen molar-refractivity contribution >= 4 is 15.9 Å². The number of aromatic nitrogens is 3. The summed E-state index contributed by atoms with van der Waals surface area (Å²) in [6.07, 6.45) is 3.07. The summed E-state index contributed by atoms with van der Waals surface area (Å²) in [6, 6.07) is 13.5. The molecule has 1 N–H and O–H groups in total. The third-order valence-corrected chi connectivity index (χ3v) is 6.91. The Kier molecular flexibility index (Phi) is 6.63. The molecule has 3 aromatic rings. The molecule has 1 atom stereocenters. The molecule has 3 rings (SSSR count). The molecule has 30 heavy (non-hydrogen) atoms. The van der Waals surface area contributed by atoms with Crippen LogP contribution in [-0.4, -0.2) is 46.5 Å². The van der Waals surface area contributed by atoms with Gasteiger partial charge in [0, 0.05) is 18.7 Å². The van der Waals surface area contributed by atoms with Crippen LogP contribution in [0.4, 0.5) is 0 Å². The number of nitrogens with one attached hydrogen (secondary N) is 1. The Balaban J connectivity index is 1.74. The van der Waals surface area contributed by atoms with Gasteiger partial charge in [-0.05, 0) is 42.8 Å². The summed E-state index contributed by atoms with van der Waals surface area (Å²) >= 11 is 0. The molecule has 1 amide bonds. The molecule has 0 aliphatic carbocycles. The van der Waals surface area contributed by atoms with Crippen LogP contribution in [-0.2, 0) is 10.0 Å². The number of carbonyl (C=O) groups is 1. The predicted octanol–water partition coefficient (Wildman–Crippen LogP) is 2.79. The van der Waals surface area contributed by atoms with E-state index in [-0.39, 0.29) is 16.8 Å². The van der Waals surface area contributed by atoms with Gasteiger partial charge in [0.1, 0.15) is 12.7 Å². The van der Waals surface area contributed by atoms with Crippen molar-refractivity contribution in [1.82, 2.24) is 24.4 Å². The van der Waals surface area contributed by atoms with Gasteiger partial charge in [-0.3, -0.25) is 4.79 Å². The molecule has 1 heterocycles. The van der Waals surface area contributed by atoms with Crippen molar-refractivity contribution in [3.63, 3.8) is 0 Å². The van der Waals surface area contributed by atoms with Crippen molar-refractivity contribution in [2.24, 2.45) is 0 Å². The van der Waals surface area contributed by atoms with E-state index in [9.17, 15) is 13.2 Å². The lowest BCUT2D eigenvalue weighted by molar-refractivity contribution is 0.0939. The first-order valence-electron chi connectivity index (χ1n) is 9.72. The van der Waals surface area contributed by atoms with Gasteiger partial charge >= 0.3 is 0 Å². The Morgan fingerprint density at radius 1 is 1.13 bits per heavy atom. The molecule has 8 nitrogen and oxygen atoms in total. The Morgan fingerprint density at radius 2 is 1.83 bits per heavy atom. The van der Waals surface area contributed by atoms with Crippen LogP contribution in [0.3, 0.4) is 0 Å². The standard InChI is InChI=1S/C21H25N5O3S/c1-4-25(5-2)30(28,29)20-8-6-7-18(13-20)21(27)24-16(3)17-9-11-19(12-10-17)26-15-22-14-23-26/h6-16H,4-5H2,1-3H3,(H,24,27). The van der Waals surface area contributed by atoms with Crippen LogP contribution in [0.5, 0.6) is 0 Å². The second kappa shape index (κ2) is 9.19.